The number of aryl methyl sites for hydroxylation is 1. The van der Waals surface area contributed by atoms with Crippen LogP contribution < -0.4 is 5.32 Å². The van der Waals surface area contributed by atoms with E-state index in [0.29, 0.717) is 5.95 Å². The largest absolute Gasteiger partial charge is 0.357 e. The molecule has 68 valence electrons. The molecule has 5 heteroatoms. The number of aromatic nitrogens is 4. The highest BCUT2D eigenvalue weighted by Gasteiger charge is 2.03. The molecule has 0 amide bonds. The lowest BCUT2D eigenvalue weighted by Gasteiger charge is -1.99. The summed E-state index contributed by atoms with van der Waals surface area (Å²) >= 11 is 0. The normalized spacial score (nSPS) is 10.6. The van der Waals surface area contributed by atoms with Gasteiger partial charge < -0.3 is 9.88 Å². The topological polar surface area (TPSA) is 55.6 Å². The molecule has 2 rings (SSSR count). The van der Waals surface area contributed by atoms with Gasteiger partial charge in [-0.05, 0) is 6.92 Å². The first kappa shape index (κ1) is 7.97. The van der Waals surface area contributed by atoms with Gasteiger partial charge >= 0.3 is 0 Å². The van der Waals surface area contributed by atoms with Crippen LogP contribution in [0.4, 0.5) is 5.95 Å². The van der Waals surface area contributed by atoms with Crippen molar-refractivity contribution in [1.82, 2.24) is 19.5 Å². The second-order valence-corrected chi connectivity index (χ2v) is 2.68. The molecule has 0 aliphatic rings. The van der Waals surface area contributed by atoms with Crippen molar-refractivity contribution >= 4 is 17.1 Å². The van der Waals surface area contributed by atoms with Crippen molar-refractivity contribution in [2.75, 3.05) is 12.4 Å². The monoisotopic (exact) mass is 177 g/mol. The number of anilines is 1. The zero-order valence-electron chi connectivity index (χ0n) is 7.65. The summed E-state index contributed by atoms with van der Waals surface area (Å²) in [5.41, 5.74) is 1.71. The fourth-order valence-corrected chi connectivity index (χ4v) is 1.21. The lowest BCUT2D eigenvalue weighted by atomic mass is 10.5. The minimum Gasteiger partial charge on any atom is -0.357 e. The molecule has 0 aliphatic carbocycles. The number of imidazole rings is 1. The molecule has 0 saturated heterocycles. The predicted octanol–water partition coefficient (Wildman–Crippen LogP) is 0.888. The fraction of sp³-hybridized carbons (Fsp3) is 0.375. The van der Waals surface area contributed by atoms with E-state index in [9.17, 15) is 0 Å². The van der Waals surface area contributed by atoms with Crippen LogP contribution in [-0.2, 0) is 6.54 Å². The van der Waals surface area contributed by atoms with E-state index in [2.05, 4.69) is 27.2 Å². The van der Waals surface area contributed by atoms with E-state index in [1.54, 1.807) is 19.6 Å². The zero-order valence-corrected chi connectivity index (χ0v) is 7.65. The minimum atomic E-state index is 0.628. The van der Waals surface area contributed by atoms with Crippen molar-refractivity contribution < 1.29 is 0 Å². The van der Waals surface area contributed by atoms with Gasteiger partial charge in [-0.15, -0.1) is 0 Å². The van der Waals surface area contributed by atoms with E-state index >= 15 is 0 Å². The van der Waals surface area contributed by atoms with E-state index in [1.165, 1.54) is 0 Å². The second-order valence-electron chi connectivity index (χ2n) is 2.68. The lowest BCUT2D eigenvalue weighted by molar-refractivity contribution is 0.777. The summed E-state index contributed by atoms with van der Waals surface area (Å²) < 4.78 is 1.98. The van der Waals surface area contributed by atoms with Crippen LogP contribution in [0, 0.1) is 0 Å². The molecule has 0 spiro atoms. The molecule has 0 fully saturated rings. The smallest absolute Gasteiger partial charge is 0.224 e. The Morgan fingerprint density at radius 2 is 2.31 bits per heavy atom. The van der Waals surface area contributed by atoms with E-state index in [4.69, 9.17) is 0 Å². The van der Waals surface area contributed by atoms with Gasteiger partial charge in [0.1, 0.15) is 5.52 Å². The van der Waals surface area contributed by atoms with Crippen LogP contribution in [-0.4, -0.2) is 26.6 Å². The Labute approximate surface area is 75.8 Å². The first-order chi connectivity index (χ1) is 6.35. The Balaban J connectivity index is 2.64. The lowest BCUT2D eigenvalue weighted by Crippen LogP contribution is -1.99. The molecular formula is C8H11N5. The van der Waals surface area contributed by atoms with Gasteiger partial charge in [0.25, 0.3) is 0 Å². The molecule has 2 heterocycles. The molecule has 0 unspecified atom stereocenters. The summed E-state index contributed by atoms with van der Waals surface area (Å²) in [5, 5.41) is 2.90. The molecule has 0 bridgehead atoms. The summed E-state index contributed by atoms with van der Waals surface area (Å²) in [6, 6.07) is 0. The maximum absolute atomic E-state index is 4.30. The van der Waals surface area contributed by atoms with E-state index in [-0.39, 0.29) is 0 Å². The van der Waals surface area contributed by atoms with Gasteiger partial charge in [0.15, 0.2) is 5.65 Å². The maximum Gasteiger partial charge on any atom is 0.224 e. The highest BCUT2D eigenvalue weighted by atomic mass is 15.2. The molecule has 0 saturated carbocycles. The van der Waals surface area contributed by atoms with Crippen LogP contribution >= 0.6 is 0 Å². The Bertz CT molecular complexity index is 419. The van der Waals surface area contributed by atoms with Gasteiger partial charge in [-0.25, -0.2) is 9.97 Å². The average Bonchev–Trinajstić information content (AvgIpc) is 2.59. The van der Waals surface area contributed by atoms with Gasteiger partial charge in [0.2, 0.25) is 5.95 Å². The Hall–Kier alpha value is -1.65. The van der Waals surface area contributed by atoms with Crippen LogP contribution in [0.1, 0.15) is 6.92 Å². The molecule has 13 heavy (non-hydrogen) atoms. The SMILES string of the molecule is CCn1cnc2cnc(NC)nc21. The van der Waals surface area contributed by atoms with Crippen LogP contribution in [0.15, 0.2) is 12.5 Å². The van der Waals surface area contributed by atoms with Crippen LogP contribution in [0.25, 0.3) is 11.2 Å². The summed E-state index contributed by atoms with van der Waals surface area (Å²) in [4.78, 5) is 12.6. The van der Waals surface area contributed by atoms with E-state index < -0.39 is 0 Å². The van der Waals surface area contributed by atoms with Crippen molar-refractivity contribution in [2.24, 2.45) is 0 Å². The summed E-state index contributed by atoms with van der Waals surface area (Å²) in [6.45, 7) is 2.93. The minimum absolute atomic E-state index is 0.628. The Morgan fingerprint density at radius 3 is 3.00 bits per heavy atom. The number of rotatable bonds is 2. The molecular weight excluding hydrogens is 166 g/mol. The molecule has 2 aromatic rings. The third-order valence-electron chi connectivity index (χ3n) is 1.92. The predicted molar refractivity (Wildman–Crippen MR) is 50.5 cm³/mol. The van der Waals surface area contributed by atoms with Gasteiger partial charge in [-0.3, -0.25) is 0 Å². The van der Waals surface area contributed by atoms with Gasteiger partial charge in [-0.1, -0.05) is 0 Å². The summed E-state index contributed by atoms with van der Waals surface area (Å²) in [5.74, 6) is 0.628. The summed E-state index contributed by atoms with van der Waals surface area (Å²) in [6.07, 6.45) is 3.50. The highest BCUT2D eigenvalue weighted by molar-refractivity contribution is 5.70. The number of fused-ring (bicyclic) bond motifs is 1. The Morgan fingerprint density at radius 1 is 1.46 bits per heavy atom. The Kier molecular flexibility index (Phi) is 1.84. The molecule has 0 aromatic carbocycles. The van der Waals surface area contributed by atoms with Crippen molar-refractivity contribution in [2.45, 2.75) is 13.5 Å². The molecule has 1 N–H and O–H groups in total. The number of hydrogen-bond donors (Lipinski definition) is 1. The fourth-order valence-electron chi connectivity index (χ4n) is 1.21. The third-order valence-corrected chi connectivity index (χ3v) is 1.92. The van der Waals surface area contributed by atoms with Crippen LogP contribution in [0.2, 0.25) is 0 Å². The van der Waals surface area contributed by atoms with Gasteiger partial charge in [0.05, 0.1) is 12.5 Å². The first-order valence-electron chi connectivity index (χ1n) is 4.20. The second kappa shape index (κ2) is 3.01. The quantitative estimate of drug-likeness (QED) is 0.740. The van der Waals surface area contributed by atoms with Crippen molar-refractivity contribution in [3.8, 4) is 0 Å². The molecule has 0 aliphatic heterocycles. The van der Waals surface area contributed by atoms with Crippen molar-refractivity contribution in [1.29, 1.82) is 0 Å². The van der Waals surface area contributed by atoms with Crippen LogP contribution in [0.3, 0.4) is 0 Å². The van der Waals surface area contributed by atoms with E-state index in [1.807, 2.05) is 4.57 Å². The highest BCUT2D eigenvalue weighted by Crippen LogP contribution is 2.10. The van der Waals surface area contributed by atoms with Crippen LogP contribution in [0.5, 0.6) is 0 Å². The van der Waals surface area contributed by atoms with Gasteiger partial charge in [-0.2, -0.15) is 4.98 Å². The van der Waals surface area contributed by atoms with E-state index in [0.717, 1.165) is 17.7 Å². The van der Waals surface area contributed by atoms with Crippen molar-refractivity contribution in [3.05, 3.63) is 12.5 Å². The van der Waals surface area contributed by atoms with Gasteiger partial charge in [0, 0.05) is 13.6 Å². The molecule has 0 atom stereocenters. The zero-order chi connectivity index (χ0) is 9.26. The molecule has 0 radical (unpaired) electrons. The number of nitrogens with one attached hydrogen (secondary N) is 1. The standard InChI is InChI=1S/C8H11N5/c1-3-13-5-11-6-4-10-8(9-2)12-7(6)13/h4-5H,3H2,1-2H3,(H,9,10,12). The molecule has 2 aromatic heterocycles. The summed E-state index contributed by atoms with van der Waals surface area (Å²) in [7, 11) is 1.80. The average molecular weight is 177 g/mol. The number of nitrogens with zero attached hydrogens (tertiary/aromatic N) is 4. The van der Waals surface area contributed by atoms with Crippen molar-refractivity contribution in [3.63, 3.8) is 0 Å². The maximum atomic E-state index is 4.30. The first-order valence-corrected chi connectivity index (χ1v) is 4.20. The number of hydrogen-bond acceptors (Lipinski definition) is 4. The molecule has 5 nitrogen and oxygen atoms in total. The third kappa shape index (κ3) is 1.22.